The van der Waals surface area contributed by atoms with Gasteiger partial charge in [0.2, 0.25) is 0 Å². The molecule has 0 aliphatic carbocycles. The maximum atomic E-state index is 5.46. The lowest BCUT2D eigenvalue weighted by Gasteiger charge is -2.41. The smallest absolute Gasteiger partial charge is 0.0594 e. The summed E-state index contributed by atoms with van der Waals surface area (Å²) < 4.78 is 5.46. The summed E-state index contributed by atoms with van der Waals surface area (Å²) in [6, 6.07) is 1.29. The molecule has 2 fully saturated rings. The first-order chi connectivity index (χ1) is 10.1. The van der Waals surface area contributed by atoms with Crippen LogP contribution in [0.5, 0.6) is 0 Å². The molecule has 124 valence electrons. The Hall–Kier alpha value is -0.160. The number of hydrogen-bond acceptors (Lipinski definition) is 4. The van der Waals surface area contributed by atoms with Gasteiger partial charge in [-0.2, -0.15) is 0 Å². The van der Waals surface area contributed by atoms with Crippen LogP contribution in [-0.2, 0) is 4.74 Å². The predicted molar refractivity (Wildman–Crippen MR) is 88.8 cm³/mol. The summed E-state index contributed by atoms with van der Waals surface area (Å²) in [7, 11) is 0. The van der Waals surface area contributed by atoms with Crippen molar-refractivity contribution in [3.05, 3.63) is 0 Å². The molecular weight excluding hydrogens is 262 g/mol. The fourth-order valence-electron chi connectivity index (χ4n) is 3.52. The molecule has 2 saturated heterocycles. The Morgan fingerprint density at radius 3 is 2.76 bits per heavy atom. The molecule has 2 aliphatic heterocycles. The second-order valence-electron chi connectivity index (χ2n) is 7.43. The van der Waals surface area contributed by atoms with Crippen LogP contribution in [0.25, 0.3) is 0 Å². The van der Waals surface area contributed by atoms with Crippen LogP contribution in [-0.4, -0.2) is 61.9 Å². The topological polar surface area (TPSA) is 36.5 Å². The summed E-state index contributed by atoms with van der Waals surface area (Å²) >= 11 is 0. The average Bonchev–Trinajstić information content (AvgIpc) is 2.75. The minimum atomic E-state index is 0.217. The van der Waals surface area contributed by atoms with Crippen LogP contribution in [0, 0.1) is 0 Å². The Balaban J connectivity index is 1.70. The Labute approximate surface area is 131 Å². The quantitative estimate of drug-likeness (QED) is 0.786. The minimum absolute atomic E-state index is 0.217. The Morgan fingerprint density at radius 1 is 1.24 bits per heavy atom. The lowest BCUT2D eigenvalue weighted by molar-refractivity contribution is -0.0103. The first kappa shape index (κ1) is 17.2. The average molecular weight is 297 g/mol. The molecule has 2 N–H and O–H groups in total. The number of rotatable bonds is 6. The van der Waals surface area contributed by atoms with E-state index in [9.17, 15) is 0 Å². The zero-order valence-electron chi connectivity index (χ0n) is 14.3. The highest BCUT2D eigenvalue weighted by molar-refractivity contribution is 4.87. The summed E-state index contributed by atoms with van der Waals surface area (Å²) in [5.41, 5.74) is 0.217. The SMILES string of the molecule is CC(CC1CCCCCN1)NCC(C)(C)N1CCOCC1. The van der Waals surface area contributed by atoms with E-state index >= 15 is 0 Å². The van der Waals surface area contributed by atoms with Crippen LogP contribution < -0.4 is 10.6 Å². The molecule has 0 bridgehead atoms. The van der Waals surface area contributed by atoms with Crippen molar-refractivity contribution < 1.29 is 4.74 Å². The maximum absolute atomic E-state index is 5.46. The molecule has 0 aromatic heterocycles. The van der Waals surface area contributed by atoms with E-state index in [0.717, 1.165) is 32.8 Å². The van der Waals surface area contributed by atoms with Gasteiger partial charge in [-0.25, -0.2) is 0 Å². The van der Waals surface area contributed by atoms with E-state index in [-0.39, 0.29) is 5.54 Å². The Morgan fingerprint density at radius 2 is 2.00 bits per heavy atom. The summed E-state index contributed by atoms with van der Waals surface area (Å²) in [6.07, 6.45) is 6.74. The standard InChI is InChI=1S/C17H35N3O/c1-15(13-16-7-5-4-6-8-18-16)19-14-17(2,3)20-9-11-21-12-10-20/h15-16,18-19H,4-14H2,1-3H3. The highest BCUT2D eigenvalue weighted by Crippen LogP contribution is 2.17. The molecule has 0 saturated carbocycles. The van der Waals surface area contributed by atoms with Crippen LogP contribution in [0.15, 0.2) is 0 Å². The van der Waals surface area contributed by atoms with Crippen molar-refractivity contribution in [2.24, 2.45) is 0 Å². The maximum Gasteiger partial charge on any atom is 0.0594 e. The Kier molecular flexibility index (Phi) is 6.93. The molecule has 2 atom stereocenters. The number of morpholine rings is 1. The van der Waals surface area contributed by atoms with Gasteiger partial charge in [0.05, 0.1) is 13.2 Å². The van der Waals surface area contributed by atoms with Gasteiger partial charge in [0.15, 0.2) is 0 Å². The van der Waals surface area contributed by atoms with Gasteiger partial charge in [-0.05, 0) is 46.6 Å². The first-order valence-corrected chi connectivity index (χ1v) is 8.87. The predicted octanol–water partition coefficient (Wildman–Crippen LogP) is 2.00. The fraction of sp³-hybridized carbons (Fsp3) is 1.00. The molecule has 4 heteroatoms. The lowest BCUT2D eigenvalue weighted by Crippen LogP contribution is -2.56. The van der Waals surface area contributed by atoms with E-state index in [2.05, 4.69) is 36.3 Å². The molecule has 21 heavy (non-hydrogen) atoms. The highest BCUT2D eigenvalue weighted by Gasteiger charge is 2.28. The van der Waals surface area contributed by atoms with Gasteiger partial charge in [-0.1, -0.05) is 12.8 Å². The molecule has 0 amide bonds. The van der Waals surface area contributed by atoms with Crippen LogP contribution in [0.2, 0.25) is 0 Å². The van der Waals surface area contributed by atoms with Gasteiger partial charge in [0.1, 0.15) is 0 Å². The van der Waals surface area contributed by atoms with E-state index in [0.29, 0.717) is 12.1 Å². The molecule has 0 spiro atoms. The van der Waals surface area contributed by atoms with Gasteiger partial charge in [-0.15, -0.1) is 0 Å². The summed E-state index contributed by atoms with van der Waals surface area (Å²) in [5, 5.41) is 7.47. The Bertz CT molecular complexity index is 282. The van der Waals surface area contributed by atoms with Crippen molar-refractivity contribution in [1.82, 2.24) is 15.5 Å². The minimum Gasteiger partial charge on any atom is -0.379 e. The lowest BCUT2D eigenvalue weighted by atomic mass is 9.99. The summed E-state index contributed by atoms with van der Waals surface area (Å²) in [4.78, 5) is 2.56. The zero-order valence-corrected chi connectivity index (χ0v) is 14.3. The van der Waals surface area contributed by atoms with Crippen molar-refractivity contribution in [2.45, 2.75) is 70.5 Å². The molecule has 4 nitrogen and oxygen atoms in total. The number of hydrogen-bond donors (Lipinski definition) is 2. The number of ether oxygens (including phenoxy) is 1. The van der Waals surface area contributed by atoms with Crippen molar-refractivity contribution in [1.29, 1.82) is 0 Å². The molecule has 0 radical (unpaired) electrons. The van der Waals surface area contributed by atoms with E-state index in [1.807, 2.05) is 0 Å². The molecular formula is C17H35N3O. The normalized spacial score (nSPS) is 27.3. The monoisotopic (exact) mass is 297 g/mol. The van der Waals surface area contributed by atoms with Crippen molar-refractivity contribution in [3.63, 3.8) is 0 Å². The van der Waals surface area contributed by atoms with Gasteiger partial charge < -0.3 is 15.4 Å². The molecule has 2 rings (SSSR count). The van der Waals surface area contributed by atoms with E-state index in [1.54, 1.807) is 0 Å². The number of nitrogens with one attached hydrogen (secondary N) is 2. The van der Waals surface area contributed by atoms with E-state index in [4.69, 9.17) is 4.74 Å². The summed E-state index contributed by atoms with van der Waals surface area (Å²) in [6.45, 7) is 13.2. The zero-order chi connectivity index (χ0) is 15.1. The second-order valence-corrected chi connectivity index (χ2v) is 7.43. The number of nitrogens with zero attached hydrogens (tertiary/aromatic N) is 1. The first-order valence-electron chi connectivity index (χ1n) is 8.87. The largest absolute Gasteiger partial charge is 0.379 e. The molecule has 2 heterocycles. The van der Waals surface area contributed by atoms with Gasteiger partial charge >= 0.3 is 0 Å². The third kappa shape index (κ3) is 5.85. The molecule has 2 aliphatic rings. The fourth-order valence-corrected chi connectivity index (χ4v) is 3.52. The molecule has 2 unspecified atom stereocenters. The van der Waals surface area contributed by atoms with Crippen LogP contribution >= 0.6 is 0 Å². The molecule has 0 aromatic carbocycles. The van der Waals surface area contributed by atoms with Crippen molar-refractivity contribution in [2.75, 3.05) is 39.4 Å². The van der Waals surface area contributed by atoms with Crippen molar-refractivity contribution in [3.8, 4) is 0 Å². The van der Waals surface area contributed by atoms with E-state index < -0.39 is 0 Å². The summed E-state index contributed by atoms with van der Waals surface area (Å²) in [5.74, 6) is 0. The van der Waals surface area contributed by atoms with Gasteiger partial charge in [-0.3, -0.25) is 4.90 Å². The van der Waals surface area contributed by atoms with Crippen LogP contribution in [0.4, 0.5) is 0 Å². The highest BCUT2D eigenvalue weighted by atomic mass is 16.5. The van der Waals surface area contributed by atoms with Gasteiger partial charge in [0, 0.05) is 37.3 Å². The van der Waals surface area contributed by atoms with Crippen LogP contribution in [0.3, 0.4) is 0 Å². The third-order valence-electron chi connectivity index (χ3n) is 5.05. The molecule has 0 aromatic rings. The third-order valence-corrected chi connectivity index (χ3v) is 5.05. The van der Waals surface area contributed by atoms with Gasteiger partial charge in [0.25, 0.3) is 0 Å². The van der Waals surface area contributed by atoms with Crippen molar-refractivity contribution >= 4 is 0 Å². The van der Waals surface area contributed by atoms with E-state index in [1.165, 1.54) is 38.6 Å². The van der Waals surface area contributed by atoms with Crippen LogP contribution in [0.1, 0.15) is 52.9 Å². The second kappa shape index (κ2) is 8.47.